The Morgan fingerprint density at radius 1 is 1.24 bits per heavy atom. The lowest BCUT2D eigenvalue weighted by Crippen LogP contribution is -2.33. The third-order valence-corrected chi connectivity index (χ3v) is 4.87. The fraction of sp³-hybridized carbons (Fsp3) is 0.400. The first-order chi connectivity index (χ1) is 13.8. The molecule has 1 fully saturated rings. The number of imidazole rings is 1. The summed E-state index contributed by atoms with van der Waals surface area (Å²) >= 11 is 0. The molecule has 13 nitrogen and oxygen atoms in total. The van der Waals surface area contributed by atoms with E-state index < -0.39 is 39.0 Å². The maximum Gasteiger partial charge on any atom is 0.469 e. The van der Waals surface area contributed by atoms with Gasteiger partial charge in [0, 0.05) is 0 Å². The lowest BCUT2D eigenvalue weighted by atomic mass is 10.1. The number of aromatic nitrogens is 4. The van der Waals surface area contributed by atoms with E-state index in [4.69, 9.17) is 18.9 Å². The molecule has 4 rings (SSSR count). The normalized spacial score (nSPS) is 25.0. The summed E-state index contributed by atoms with van der Waals surface area (Å²) in [4.78, 5) is 30.2. The van der Waals surface area contributed by atoms with Crippen molar-refractivity contribution in [3.8, 4) is 0 Å². The largest absolute Gasteiger partial charge is 0.469 e. The zero-order chi connectivity index (χ0) is 20.6. The van der Waals surface area contributed by atoms with E-state index in [2.05, 4.69) is 24.8 Å². The first kappa shape index (κ1) is 19.9. The molecular formula is C15H18N5O8P. The van der Waals surface area contributed by atoms with Crippen molar-refractivity contribution < 1.29 is 38.2 Å². The highest BCUT2D eigenvalue weighted by atomic mass is 31.2. The van der Waals surface area contributed by atoms with Crippen LogP contribution in [0.15, 0.2) is 35.5 Å². The van der Waals surface area contributed by atoms with Crippen molar-refractivity contribution in [3.05, 3.63) is 36.8 Å². The van der Waals surface area contributed by atoms with Crippen LogP contribution in [0, 0.1) is 0 Å². The summed E-state index contributed by atoms with van der Waals surface area (Å²) < 4.78 is 27.5. The smallest absolute Gasteiger partial charge is 0.467 e. The van der Waals surface area contributed by atoms with Gasteiger partial charge in [-0.25, -0.2) is 19.5 Å². The second-order valence-electron chi connectivity index (χ2n) is 6.31. The van der Waals surface area contributed by atoms with Crippen molar-refractivity contribution in [2.75, 3.05) is 11.9 Å². The zero-order valence-electron chi connectivity index (χ0n) is 14.8. The number of furan rings is 1. The molecule has 0 amide bonds. The Hall–Kier alpha value is -2.38. The number of hydrogen-bond acceptors (Lipinski definition) is 10. The van der Waals surface area contributed by atoms with Crippen molar-refractivity contribution in [1.29, 1.82) is 0 Å². The molecule has 3 aromatic heterocycles. The first-order valence-corrected chi connectivity index (χ1v) is 10.0. The van der Waals surface area contributed by atoms with Gasteiger partial charge in [-0.15, -0.1) is 0 Å². The molecule has 1 saturated heterocycles. The number of aliphatic hydroxyl groups is 2. The topological polar surface area (TPSA) is 185 Å². The van der Waals surface area contributed by atoms with E-state index in [-0.39, 0.29) is 0 Å². The van der Waals surface area contributed by atoms with Crippen LogP contribution in [-0.2, 0) is 20.4 Å². The Morgan fingerprint density at radius 3 is 2.79 bits per heavy atom. The number of phosphoric ester groups is 1. The second kappa shape index (κ2) is 7.80. The molecule has 0 saturated carbocycles. The summed E-state index contributed by atoms with van der Waals surface area (Å²) in [6.07, 6.45) is -0.847. The number of rotatable bonds is 7. The number of anilines is 1. The molecule has 156 valence electrons. The van der Waals surface area contributed by atoms with Gasteiger partial charge < -0.3 is 34.5 Å². The Bertz CT molecular complexity index is 1020. The standard InChI is InChI=1S/C15H18N5O8P/c21-11-9(5-27-29(23,24)25)28-15(12(11)22)20-7-19-10-13(17-6-18-14(10)20)16-4-8-2-1-3-26-8/h1-3,6-7,9,11-12,15,21-22H,4-5H2,(H,16,17,18)(H2,23,24,25)/t9-,11+,12-,15+/m0/s1. The Kier molecular flexibility index (Phi) is 5.36. The molecule has 29 heavy (non-hydrogen) atoms. The van der Waals surface area contributed by atoms with Gasteiger partial charge in [-0.2, -0.15) is 0 Å². The first-order valence-electron chi connectivity index (χ1n) is 8.49. The van der Waals surface area contributed by atoms with E-state index in [1.54, 1.807) is 18.4 Å². The van der Waals surface area contributed by atoms with E-state index in [1.807, 2.05) is 0 Å². The Balaban J connectivity index is 1.54. The third-order valence-electron chi connectivity index (χ3n) is 4.39. The molecule has 1 aliphatic heterocycles. The molecule has 14 heteroatoms. The molecule has 5 N–H and O–H groups in total. The maximum absolute atomic E-state index is 10.9. The maximum atomic E-state index is 10.9. The van der Waals surface area contributed by atoms with Crippen LogP contribution in [0.5, 0.6) is 0 Å². The van der Waals surface area contributed by atoms with Gasteiger partial charge in [-0.3, -0.25) is 9.09 Å². The molecule has 4 heterocycles. The number of phosphoric acid groups is 1. The number of nitrogens with one attached hydrogen (secondary N) is 1. The van der Waals surface area contributed by atoms with Crippen molar-refractivity contribution >= 4 is 24.8 Å². The zero-order valence-corrected chi connectivity index (χ0v) is 15.7. The molecule has 0 unspecified atom stereocenters. The highest BCUT2D eigenvalue weighted by molar-refractivity contribution is 7.46. The minimum atomic E-state index is -4.75. The van der Waals surface area contributed by atoms with Crippen molar-refractivity contribution in [3.63, 3.8) is 0 Å². The molecular weight excluding hydrogens is 409 g/mol. The van der Waals surface area contributed by atoms with Gasteiger partial charge in [0.15, 0.2) is 23.2 Å². The SMILES string of the molecule is O=P(O)(O)OC[C@@H]1O[C@@H](n2cnc3c(NCc4ccco4)ncnc32)[C@@H](O)[C@@H]1O. The van der Waals surface area contributed by atoms with Gasteiger partial charge in [0.25, 0.3) is 0 Å². The van der Waals surface area contributed by atoms with Crippen molar-refractivity contribution in [2.24, 2.45) is 0 Å². The van der Waals surface area contributed by atoms with Crippen LogP contribution in [0.4, 0.5) is 5.82 Å². The summed E-state index contributed by atoms with van der Waals surface area (Å²) in [5.74, 6) is 1.13. The van der Waals surface area contributed by atoms with Crippen LogP contribution in [0.2, 0.25) is 0 Å². The van der Waals surface area contributed by atoms with Crippen LogP contribution in [0.3, 0.4) is 0 Å². The summed E-state index contributed by atoms with van der Waals surface area (Å²) in [5.41, 5.74) is 0.731. The quantitative estimate of drug-likeness (QED) is 0.312. The van der Waals surface area contributed by atoms with E-state index in [0.29, 0.717) is 29.3 Å². The number of fused-ring (bicyclic) bond motifs is 1. The van der Waals surface area contributed by atoms with E-state index in [0.717, 1.165) is 0 Å². The summed E-state index contributed by atoms with van der Waals surface area (Å²) in [6, 6.07) is 3.56. The average Bonchev–Trinajstić information content (AvgIpc) is 3.39. The van der Waals surface area contributed by atoms with Gasteiger partial charge in [-0.05, 0) is 12.1 Å². The number of aliphatic hydroxyl groups excluding tert-OH is 2. The molecule has 1 aliphatic rings. The van der Waals surface area contributed by atoms with Crippen LogP contribution in [0.1, 0.15) is 12.0 Å². The van der Waals surface area contributed by atoms with E-state index in [1.165, 1.54) is 17.2 Å². The third kappa shape index (κ3) is 4.16. The minimum absolute atomic E-state index is 0.328. The van der Waals surface area contributed by atoms with Gasteiger partial charge in [0.1, 0.15) is 30.4 Å². The predicted molar refractivity (Wildman–Crippen MR) is 95.3 cm³/mol. The lowest BCUT2D eigenvalue weighted by Gasteiger charge is -2.16. The average molecular weight is 427 g/mol. The molecule has 0 spiro atoms. The minimum Gasteiger partial charge on any atom is -0.467 e. The van der Waals surface area contributed by atoms with Gasteiger partial charge in [0.05, 0.1) is 25.7 Å². The summed E-state index contributed by atoms with van der Waals surface area (Å²) in [5, 5.41) is 23.6. The second-order valence-corrected chi connectivity index (χ2v) is 7.55. The van der Waals surface area contributed by atoms with Gasteiger partial charge in [-0.1, -0.05) is 0 Å². The highest BCUT2D eigenvalue weighted by Gasteiger charge is 2.45. The summed E-state index contributed by atoms with van der Waals surface area (Å²) in [7, 11) is -4.75. The van der Waals surface area contributed by atoms with Crippen LogP contribution >= 0.6 is 7.82 Å². The Labute approximate surface area is 163 Å². The number of ether oxygens (including phenoxy) is 1. The molecule has 3 aromatic rings. The fourth-order valence-corrected chi connectivity index (χ4v) is 3.36. The number of nitrogens with zero attached hydrogens (tertiary/aromatic N) is 4. The lowest BCUT2D eigenvalue weighted by molar-refractivity contribution is -0.0504. The predicted octanol–water partition coefficient (Wildman–Crippen LogP) is -0.240. The molecule has 0 bridgehead atoms. The summed E-state index contributed by atoms with van der Waals surface area (Å²) in [6.45, 7) is -0.231. The number of hydrogen-bond donors (Lipinski definition) is 5. The molecule has 0 radical (unpaired) electrons. The van der Waals surface area contributed by atoms with Crippen LogP contribution < -0.4 is 5.32 Å². The monoisotopic (exact) mass is 427 g/mol. The van der Waals surface area contributed by atoms with Crippen molar-refractivity contribution in [1.82, 2.24) is 19.5 Å². The van der Waals surface area contributed by atoms with Crippen LogP contribution in [0.25, 0.3) is 11.2 Å². The Morgan fingerprint density at radius 2 is 2.07 bits per heavy atom. The van der Waals surface area contributed by atoms with Gasteiger partial charge >= 0.3 is 7.82 Å². The van der Waals surface area contributed by atoms with E-state index >= 15 is 0 Å². The van der Waals surface area contributed by atoms with E-state index in [9.17, 15) is 14.8 Å². The van der Waals surface area contributed by atoms with Gasteiger partial charge in [0.2, 0.25) is 0 Å². The van der Waals surface area contributed by atoms with Crippen molar-refractivity contribution in [2.45, 2.75) is 31.1 Å². The molecule has 4 atom stereocenters. The molecule has 0 aromatic carbocycles. The fourth-order valence-electron chi connectivity index (χ4n) is 3.02. The molecule has 0 aliphatic carbocycles. The van der Waals surface area contributed by atoms with Crippen LogP contribution in [-0.4, -0.2) is 64.4 Å². The highest BCUT2D eigenvalue weighted by Crippen LogP contribution is 2.38.